The van der Waals surface area contributed by atoms with E-state index in [9.17, 15) is 9.90 Å². The van der Waals surface area contributed by atoms with Crippen molar-refractivity contribution in [3.63, 3.8) is 0 Å². The topological polar surface area (TPSA) is 96.4 Å². The third-order valence-electron chi connectivity index (χ3n) is 4.81. The second-order valence-corrected chi connectivity index (χ2v) is 7.06. The van der Waals surface area contributed by atoms with Gasteiger partial charge in [-0.2, -0.15) is 0 Å². The van der Waals surface area contributed by atoms with Gasteiger partial charge in [0.05, 0.1) is 12.7 Å². The van der Waals surface area contributed by atoms with Crippen LogP contribution in [0.3, 0.4) is 0 Å². The standard InChI is InChI=1S/C26H22N4O3/c1-33-22-13-9-20(10-14-22)30-26-23(5-3-17-28-26)24(32)15-6-18-4-2-16-27-25(18)29-19-7-11-21(31)12-8-19/h2-17,31H,1H3,(H,27,29)(H,28,30). The molecule has 164 valence electrons. The minimum Gasteiger partial charge on any atom is -0.508 e. The second kappa shape index (κ2) is 10.1. The average molecular weight is 438 g/mol. The van der Waals surface area contributed by atoms with Gasteiger partial charge in [-0.25, -0.2) is 9.97 Å². The first-order chi connectivity index (χ1) is 16.1. The van der Waals surface area contributed by atoms with Crippen molar-refractivity contribution in [2.24, 2.45) is 0 Å². The van der Waals surface area contributed by atoms with E-state index in [1.54, 1.807) is 68.0 Å². The number of hydrogen-bond donors (Lipinski definition) is 3. The molecule has 0 radical (unpaired) electrons. The van der Waals surface area contributed by atoms with Crippen LogP contribution in [-0.2, 0) is 0 Å². The molecule has 0 spiro atoms. The number of nitrogens with one attached hydrogen (secondary N) is 2. The summed E-state index contributed by atoms with van der Waals surface area (Å²) in [7, 11) is 1.61. The molecule has 0 bridgehead atoms. The minimum atomic E-state index is -0.196. The number of benzene rings is 2. The fraction of sp³-hybridized carbons (Fsp3) is 0.0385. The van der Waals surface area contributed by atoms with E-state index in [4.69, 9.17) is 4.74 Å². The van der Waals surface area contributed by atoms with E-state index in [1.165, 1.54) is 6.08 Å². The number of aromatic hydroxyl groups is 1. The number of nitrogens with zero attached hydrogens (tertiary/aromatic N) is 2. The molecule has 0 unspecified atom stereocenters. The molecular weight excluding hydrogens is 416 g/mol. The van der Waals surface area contributed by atoms with Crippen molar-refractivity contribution >= 4 is 34.9 Å². The van der Waals surface area contributed by atoms with Crippen molar-refractivity contribution in [2.45, 2.75) is 0 Å². The van der Waals surface area contributed by atoms with Crippen LogP contribution in [0.15, 0.2) is 91.3 Å². The number of pyridine rings is 2. The smallest absolute Gasteiger partial charge is 0.189 e. The molecular formula is C26H22N4O3. The summed E-state index contributed by atoms with van der Waals surface area (Å²) in [5.74, 6) is 1.79. The maximum atomic E-state index is 13.0. The van der Waals surface area contributed by atoms with Crippen LogP contribution >= 0.6 is 0 Å². The number of phenolic OH excluding ortho intramolecular Hbond substituents is 1. The number of anilines is 4. The molecule has 3 N–H and O–H groups in total. The normalized spacial score (nSPS) is 10.7. The van der Waals surface area contributed by atoms with Gasteiger partial charge in [0.25, 0.3) is 0 Å². The van der Waals surface area contributed by atoms with Gasteiger partial charge >= 0.3 is 0 Å². The molecule has 2 aromatic carbocycles. The summed E-state index contributed by atoms with van der Waals surface area (Å²) in [5.41, 5.74) is 2.75. The fourth-order valence-corrected chi connectivity index (χ4v) is 3.11. The number of carbonyl (C=O) groups excluding carboxylic acids is 1. The summed E-state index contributed by atoms with van der Waals surface area (Å²) in [4.78, 5) is 21.7. The fourth-order valence-electron chi connectivity index (χ4n) is 3.11. The van der Waals surface area contributed by atoms with Crippen LogP contribution in [0.25, 0.3) is 6.08 Å². The van der Waals surface area contributed by atoms with Crippen LogP contribution in [-0.4, -0.2) is 28.0 Å². The van der Waals surface area contributed by atoms with E-state index in [1.807, 2.05) is 30.3 Å². The zero-order valence-electron chi connectivity index (χ0n) is 17.9. The Morgan fingerprint density at radius 2 is 1.45 bits per heavy atom. The maximum absolute atomic E-state index is 13.0. The van der Waals surface area contributed by atoms with Crippen LogP contribution in [0.4, 0.5) is 23.0 Å². The molecule has 2 heterocycles. The van der Waals surface area contributed by atoms with Gasteiger partial charge in [-0.3, -0.25) is 4.79 Å². The summed E-state index contributed by atoms with van der Waals surface area (Å²) in [6, 6.07) is 21.1. The van der Waals surface area contributed by atoms with E-state index in [0.29, 0.717) is 17.2 Å². The predicted octanol–water partition coefficient (Wildman–Crippen LogP) is 5.57. The first-order valence-electron chi connectivity index (χ1n) is 10.2. The van der Waals surface area contributed by atoms with Crippen molar-refractivity contribution < 1.29 is 14.6 Å². The molecule has 0 saturated heterocycles. The zero-order valence-corrected chi connectivity index (χ0v) is 17.9. The van der Waals surface area contributed by atoms with E-state index in [0.717, 1.165) is 22.7 Å². The molecule has 0 amide bonds. The number of methoxy groups -OCH3 is 1. The Labute approximate surface area is 191 Å². The molecule has 4 aromatic rings. The van der Waals surface area contributed by atoms with Gasteiger partial charge in [0.15, 0.2) is 5.78 Å². The SMILES string of the molecule is COc1ccc(Nc2ncccc2C(=O)C=Cc2cccnc2Nc2ccc(O)cc2)cc1. The molecule has 2 aromatic heterocycles. The van der Waals surface area contributed by atoms with Crippen molar-refractivity contribution in [1.29, 1.82) is 0 Å². The highest BCUT2D eigenvalue weighted by Crippen LogP contribution is 2.24. The number of aromatic nitrogens is 2. The molecule has 7 heteroatoms. The Hall–Kier alpha value is -4.65. The van der Waals surface area contributed by atoms with Crippen LogP contribution in [0.1, 0.15) is 15.9 Å². The lowest BCUT2D eigenvalue weighted by atomic mass is 10.1. The summed E-state index contributed by atoms with van der Waals surface area (Å²) >= 11 is 0. The van der Waals surface area contributed by atoms with Gasteiger partial charge in [0.1, 0.15) is 23.1 Å². The molecule has 4 rings (SSSR count). The van der Waals surface area contributed by atoms with Gasteiger partial charge in [-0.1, -0.05) is 0 Å². The number of ether oxygens (including phenoxy) is 1. The summed E-state index contributed by atoms with van der Waals surface area (Å²) < 4.78 is 5.18. The lowest BCUT2D eigenvalue weighted by molar-refractivity contribution is 0.104. The average Bonchev–Trinajstić information content (AvgIpc) is 2.85. The van der Waals surface area contributed by atoms with Crippen molar-refractivity contribution in [2.75, 3.05) is 17.7 Å². The number of carbonyl (C=O) groups is 1. The highest BCUT2D eigenvalue weighted by Gasteiger charge is 2.11. The van der Waals surface area contributed by atoms with Gasteiger partial charge < -0.3 is 20.5 Å². The lowest BCUT2D eigenvalue weighted by Crippen LogP contribution is -2.03. The van der Waals surface area contributed by atoms with Crippen molar-refractivity contribution in [3.05, 3.63) is 102 Å². The van der Waals surface area contributed by atoms with Gasteiger partial charge in [0.2, 0.25) is 0 Å². The van der Waals surface area contributed by atoms with Crippen molar-refractivity contribution in [1.82, 2.24) is 9.97 Å². The van der Waals surface area contributed by atoms with E-state index < -0.39 is 0 Å². The first-order valence-corrected chi connectivity index (χ1v) is 10.2. The third-order valence-corrected chi connectivity index (χ3v) is 4.81. The highest BCUT2D eigenvalue weighted by atomic mass is 16.5. The quantitative estimate of drug-likeness (QED) is 0.188. The summed E-state index contributed by atoms with van der Waals surface area (Å²) in [6.45, 7) is 0. The van der Waals surface area contributed by atoms with Crippen LogP contribution in [0.5, 0.6) is 11.5 Å². The highest BCUT2D eigenvalue weighted by molar-refractivity contribution is 6.10. The minimum absolute atomic E-state index is 0.183. The molecule has 0 fully saturated rings. The molecule has 0 aliphatic heterocycles. The zero-order chi connectivity index (χ0) is 23.0. The maximum Gasteiger partial charge on any atom is 0.189 e. The van der Waals surface area contributed by atoms with Gasteiger partial charge in [-0.05, 0) is 84.9 Å². The molecule has 0 aliphatic carbocycles. The van der Waals surface area contributed by atoms with Crippen molar-refractivity contribution in [3.8, 4) is 11.5 Å². The molecule has 0 saturated carbocycles. The van der Waals surface area contributed by atoms with E-state index >= 15 is 0 Å². The lowest BCUT2D eigenvalue weighted by Gasteiger charge is -2.10. The summed E-state index contributed by atoms with van der Waals surface area (Å²) in [5, 5.41) is 15.8. The largest absolute Gasteiger partial charge is 0.508 e. The van der Waals surface area contributed by atoms with Crippen LogP contribution in [0.2, 0.25) is 0 Å². The van der Waals surface area contributed by atoms with E-state index in [-0.39, 0.29) is 11.5 Å². The Balaban J connectivity index is 1.53. The predicted molar refractivity (Wildman–Crippen MR) is 130 cm³/mol. The number of allylic oxidation sites excluding steroid dienone is 1. The third kappa shape index (κ3) is 5.54. The Kier molecular flexibility index (Phi) is 6.61. The molecule has 7 nitrogen and oxygen atoms in total. The number of phenols is 1. The molecule has 0 aliphatic rings. The van der Waals surface area contributed by atoms with Gasteiger partial charge in [0, 0.05) is 29.3 Å². The van der Waals surface area contributed by atoms with E-state index in [2.05, 4.69) is 20.6 Å². The van der Waals surface area contributed by atoms with Gasteiger partial charge in [-0.15, -0.1) is 0 Å². The molecule has 33 heavy (non-hydrogen) atoms. The Morgan fingerprint density at radius 1 is 0.848 bits per heavy atom. The first kappa shape index (κ1) is 21.6. The monoisotopic (exact) mass is 438 g/mol. The number of rotatable bonds is 8. The Bertz CT molecular complexity index is 1270. The number of ketones is 1. The Morgan fingerprint density at radius 3 is 2.15 bits per heavy atom. The molecule has 0 atom stereocenters. The second-order valence-electron chi connectivity index (χ2n) is 7.06. The van der Waals surface area contributed by atoms with Crippen LogP contribution in [0, 0.1) is 0 Å². The summed E-state index contributed by atoms with van der Waals surface area (Å²) in [6.07, 6.45) is 6.50. The van der Waals surface area contributed by atoms with Crippen LogP contribution < -0.4 is 15.4 Å². The number of hydrogen-bond acceptors (Lipinski definition) is 7.